The third-order valence-electron chi connectivity index (χ3n) is 3.50. The molecule has 6 heteroatoms. The minimum absolute atomic E-state index is 0.0966. The number of cyclic esters (lactones) is 1. The second-order valence-corrected chi connectivity index (χ2v) is 6.04. The zero-order valence-corrected chi connectivity index (χ0v) is 12.8. The van der Waals surface area contributed by atoms with Crippen LogP contribution in [0.15, 0.2) is 40.2 Å². The summed E-state index contributed by atoms with van der Waals surface area (Å²) in [6.45, 7) is 1.98. The Balaban J connectivity index is 1.90. The van der Waals surface area contributed by atoms with Gasteiger partial charge in [0.05, 0.1) is 0 Å². The zero-order chi connectivity index (χ0) is 15.1. The van der Waals surface area contributed by atoms with Gasteiger partial charge in [0.25, 0.3) is 0 Å². The van der Waals surface area contributed by atoms with E-state index in [1.54, 1.807) is 11.8 Å². The van der Waals surface area contributed by atoms with Crippen LogP contribution >= 0.6 is 11.8 Å². The predicted octanol–water partition coefficient (Wildman–Crippen LogP) is 2.57. The van der Waals surface area contributed by atoms with Crippen LogP contribution in [0.1, 0.15) is 19.8 Å². The summed E-state index contributed by atoms with van der Waals surface area (Å²) in [7, 11) is 0.655. The molecule has 21 heavy (non-hydrogen) atoms. The average Bonchev–Trinajstić information content (AvgIpc) is 2.88. The van der Waals surface area contributed by atoms with Crippen molar-refractivity contribution in [3.05, 3.63) is 30.3 Å². The summed E-state index contributed by atoms with van der Waals surface area (Å²) < 4.78 is 15.8. The molecule has 1 heterocycles. The van der Waals surface area contributed by atoms with E-state index in [1.165, 1.54) is 6.11 Å². The number of aliphatic imine (C=N–C) groups is 1. The summed E-state index contributed by atoms with van der Waals surface area (Å²) in [5.41, 5.74) is 0. The Morgan fingerprint density at radius 2 is 2.24 bits per heavy atom. The van der Waals surface area contributed by atoms with Gasteiger partial charge in [0, 0.05) is 0 Å². The number of ether oxygens (including phenoxy) is 1. The Bertz CT molecular complexity index is 509. The molecule has 110 valence electrons. The number of benzene rings is 1. The first-order valence-electron chi connectivity index (χ1n) is 7.09. The fourth-order valence-corrected chi connectivity index (χ4v) is 3.38. The average molecular weight is 303 g/mol. The molecular formula is C15H18BNO3S. The van der Waals surface area contributed by atoms with E-state index < -0.39 is 0 Å². The van der Waals surface area contributed by atoms with E-state index >= 15 is 0 Å². The van der Waals surface area contributed by atoms with Crippen LogP contribution in [0.2, 0.25) is 0 Å². The first kappa shape index (κ1) is 16.0. The monoisotopic (exact) mass is 303 g/mol. The Morgan fingerprint density at radius 1 is 1.48 bits per heavy atom. The van der Waals surface area contributed by atoms with Gasteiger partial charge in [0.15, 0.2) is 0 Å². The van der Waals surface area contributed by atoms with Crippen molar-refractivity contribution < 1.29 is 14.2 Å². The molecule has 0 bridgehead atoms. The zero-order valence-electron chi connectivity index (χ0n) is 12.0. The van der Waals surface area contributed by atoms with Crippen LogP contribution < -0.4 is 0 Å². The fourth-order valence-electron chi connectivity index (χ4n) is 2.37. The van der Waals surface area contributed by atoms with Crippen LogP contribution in [0, 0.1) is 5.92 Å². The van der Waals surface area contributed by atoms with E-state index in [4.69, 9.17) is 4.74 Å². The molecule has 2 unspecified atom stereocenters. The normalized spacial score (nSPS) is 23.0. The van der Waals surface area contributed by atoms with Crippen molar-refractivity contribution >= 4 is 31.0 Å². The molecule has 0 amide bonds. The van der Waals surface area contributed by atoms with Crippen LogP contribution in [0.4, 0.5) is 0 Å². The van der Waals surface area contributed by atoms with Crippen molar-refractivity contribution in [2.75, 3.05) is 5.75 Å². The molecule has 0 N–H and O–H groups in total. The molecule has 4 nitrogen and oxygen atoms in total. The summed E-state index contributed by atoms with van der Waals surface area (Å²) in [5, 5.41) is 0. The van der Waals surface area contributed by atoms with Crippen LogP contribution in [0.3, 0.4) is 0 Å². The Labute approximate surface area is 129 Å². The Kier molecular flexibility index (Phi) is 6.17. The second kappa shape index (κ2) is 8.12. The standard InChI is InChI=1S/C15H18BNO3S/c1-2-13(17-10-16-19)14-8-11(15(18)20-14)9-21-12-6-4-3-5-7-12/h3-7,10-11,13-14H,2,8-9H2,1H3/b17-10+/t11?,13?,14-/m0/s1. The number of nitrogens with zero attached hydrogens (tertiary/aromatic N) is 1. The van der Waals surface area contributed by atoms with Gasteiger partial charge in [-0.25, -0.2) is 0 Å². The van der Waals surface area contributed by atoms with Crippen molar-refractivity contribution in [2.24, 2.45) is 10.9 Å². The van der Waals surface area contributed by atoms with Gasteiger partial charge in [-0.3, -0.25) is 0 Å². The summed E-state index contributed by atoms with van der Waals surface area (Å²) in [5.74, 6) is 0.469. The van der Waals surface area contributed by atoms with Crippen LogP contribution in [-0.2, 0) is 14.2 Å². The maximum atomic E-state index is 11.9. The van der Waals surface area contributed by atoms with Crippen LogP contribution in [-0.4, -0.2) is 37.1 Å². The summed E-state index contributed by atoms with van der Waals surface area (Å²) in [4.78, 5) is 17.2. The first-order valence-corrected chi connectivity index (χ1v) is 8.08. The molecule has 1 aliphatic heterocycles. The fraction of sp³-hybridized carbons (Fsp3) is 0.467. The number of hydrogen-bond donors (Lipinski definition) is 0. The maximum absolute atomic E-state index is 11.9. The van der Waals surface area contributed by atoms with Gasteiger partial charge in [-0.05, 0) is 0 Å². The van der Waals surface area contributed by atoms with Gasteiger partial charge in [-0.2, -0.15) is 0 Å². The van der Waals surface area contributed by atoms with E-state index in [1.807, 2.05) is 37.3 Å². The molecule has 1 aromatic rings. The number of hydrogen-bond acceptors (Lipinski definition) is 5. The first-order chi connectivity index (χ1) is 10.2. The van der Waals surface area contributed by atoms with Crippen molar-refractivity contribution in [3.8, 4) is 0 Å². The topological polar surface area (TPSA) is 55.7 Å². The van der Waals surface area contributed by atoms with E-state index in [2.05, 4.69) is 4.99 Å². The van der Waals surface area contributed by atoms with Gasteiger partial charge in [-0.15, -0.1) is 0 Å². The van der Waals surface area contributed by atoms with E-state index in [0.717, 1.165) is 11.3 Å². The van der Waals surface area contributed by atoms with Crippen molar-refractivity contribution in [1.29, 1.82) is 0 Å². The Morgan fingerprint density at radius 3 is 2.90 bits per heavy atom. The van der Waals surface area contributed by atoms with Gasteiger partial charge in [0.1, 0.15) is 0 Å². The molecule has 0 spiro atoms. The molecule has 1 aromatic carbocycles. The molecule has 0 aromatic heterocycles. The van der Waals surface area contributed by atoms with Crippen molar-refractivity contribution in [2.45, 2.75) is 36.8 Å². The number of carbonyl (C=O) groups excluding carboxylic acids is 1. The number of thioether (sulfide) groups is 1. The van der Waals surface area contributed by atoms with E-state index in [0.29, 0.717) is 19.3 Å². The number of carbonyl (C=O) groups is 1. The summed E-state index contributed by atoms with van der Waals surface area (Å²) in [6, 6.07) is 9.89. The number of esters is 1. The quantitative estimate of drug-likeness (QED) is 0.336. The van der Waals surface area contributed by atoms with E-state index in [9.17, 15) is 9.50 Å². The minimum atomic E-state index is -0.208. The van der Waals surface area contributed by atoms with Gasteiger partial charge < -0.3 is 0 Å². The van der Waals surface area contributed by atoms with Crippen LogP contribution in [0.25, 0.3) is 0 Å². The molecule has 3 atom stereocenters. The molecule has 0 radical (unpaired) electrons. The summed E-state index contributed by atoms with van der Waals surface area (Å²) in [6.07, 6.45) is 2.46. The predicted molar refractivity (Wildman–Crippen MR) is 84.2 cm³/mol. The molecule has 0 saturated carbocycles. The molecule has 2 rings (SSSR count). The molecule has 1 aliphatic rings. The molecular weight excluding hydrogens is 285 g/mol. The third kappa shape index (κ3) is 4.53. The number of rotatable bonds is 7. The Hall–Kier alpha value is -1.43. The van der Waals surface area contributed by atoms with E-state index in [-0.39, 0.29) is 24.0 Å². The van der Waals surface area contributed by atoms with Crippen LogP contribution in [0.5, 0.6) is 0 Å². The molecule has 0 aliphatic carbocycles. The SMILES string of the molecule is CCC(/N=C/B=O)[C@@H]1CC(CSc2ccccc2)C(=O)O1. The van der Waals surface area contributed by atoms with Gasteiger partial charge >= 0.3 is 129 Å². The third-order valence-corrected chi connectivity index (χ3v) is 4.67. The summed E-state index contributed by atoms with van der Waals surface area (Å²) >= 11 is 1.67. The van der Waals surface area contributed by atoms with Gasteiger partial charge in [-0.1, -0.05) is 0 Å². The second-order valence-electron chi connectivity index (χ2n) is 4.94. The molecule has 1 fully saturated rings. The van der Waals surface area contributed by atoms with Gasteiger partial charge in [0.2, 0.25) is 0 Å². The molecule has 1 saturated heterocycles. The van der Waals surface area contributed by atoms with Crippen molar-refractivity contribution in [1.82, 2.24) is 0 Å². The van der Waals surface area contributed by atoms with Crippen molar-refractivity contribution in [3.63, 3.8) is 0 Å².